The van der Waals surface area contributed by atoms with Crippen LogP contribution in [0.5, 0.6) is 0 Å². The van der Waals surface area contributed by atoms with Gasteiger partial charge in [-0.3, -0.25) is 14.5 Å². The molecule has 1 aliphatic rings. The highest BCUT2D eigenvalue weighted by Gasteiger charge is 2.27. The number of carbonyl (C=O) groups is 2. The average molecular weight is 622 g/mol. The SMILES string of the molecule is CCCCCCCCCN(CCCC(=O)OCCCCC)CCC1CCN(C(=O)CN(CCC)CCCCCCCCC)C1. The molecule has 260 valence electrons. The van der Waals surface area contributed by atoms with Gasteiger partial charge in [-0.25, -0.2) is 0 Å². The number of amides is 1. The Morgan fingerprint density at radius 2 is 1.16 bits per heavy atom. The number of ether oxygens (including phenoxy) is 1. The second kappa shape index (κ2) is 29.3. The van der Waals surface area contributed by atoms with Gasteiger partial charge in [0.25, 0.3) is 0 Å². The van der Waals surface area contributed by atoms with Crippen LogP contribution in [0.3, 0.4) is 0 Å². The van der Waals surface area contributed by atoms with Gasteiger partial charge in [0.1, 0.15) is 0 Å². The van der Waals surface area contributed by atoms with Crippen LogP contribution < -0.4 is 0 Å². The van der Waals surface area contributed by atoms with Crippen molar-refractivity contribution in [1.82, 2.24) is 14.7 Å². The van der Waals surface area contributed by atoms with Crippen LogP contribution >= 0.6 is 0 Å². The van der Waals surface area contributed by atoms with Crippen LogP contribution in [0.2, 0.25) is 0 Å². The molecule has 0 aromatic carbocycles. The minimum absolute atomic E-state index is 0.0361. The summed E-state index contributed by atoms with van der Waals surface area (Å²) in [7, 11) is 0. The van der Waals surface area contributed by atoms with Crippen LogP contribution in [-0.4, -0.2) is 85.5 Å². The Hall–Kier alpha value is -1.14. The van der Waals surface area contributed by atoms with Crippen molar-refractivity contribution in [3.05, 3.63) is 0 Å². The molecule has 6 nitrogen and oxygen atoms in total. The lowest BCUT2D eigenvalue weighted by molar-refractivity contribution is -0.144. The van der Waals surface area contributed by atoms with Gasteiger partial charge in [0, 0.05) is 19.5 Å². The van der Waals surface area contributed by atoms with Gasteiger partial charge in [0.05, 0.1) is 13.2 Å². The second-order valence-electron chi connectivity index (χ2n) is 13.7. The Bertz CT molecular complexity index is 674. The van der Waals surface area contributed by atoms with Gasteiger partial charge < -0.3 is 14.5 Å². The number of unbranched alkanes of at least 4 members (excludes halogenated alkanes) is 14. The molecule has 1 saturated heterocycles. The molecule has 0 bridgehead atoms. The van der Waals surface area contributed by atoms with Crippen molar-refractivity contribution in [3.63, 3.8) is 0 Å². The quantitative estimate of drug-likeness (QED) is 0.0570. The third-order valence-electron chi connectivity index (χ3n) is 9.41. The van der Waals surface area contributed by atoms with Crippen molar-refractivity contribution in [2.24, 2.45) is 5.92 Å². The topological polar surface area (TPSA) is 53.1 Å². The van der Waals surface area contributed by atoms with Crippen molar-refractivity contribution in [2.45, 2.75) is 169 Å². The van der Waals surface area contributed by atoms with E-state index in [0.717, 1.165) is 90.8 Å². The van der Waals surface area contributed by atoms with Gasteiger partial charge >= 0.3 is 5.97 Å². The summed E-state index contributed by atoms with van der Waals surface area (Å²) in [6.45, 7) is 17.2. The van der Waals surface area contributed by atoms with E-state index in [1.807, 2.05) is 0 Å². The molecular weight excluding hydrogens is 546 g/mol. The van der Waals surface area contributed by atoms with E-state index in [4.69, 9.17) is 4.74 Å². The fraction of sp³-hybridized carbons (Fsp3) is 0.947. The maximum atomic E-state index is 13.2. The minimum atomic E-state index is -0.0361. The summed E-state index contributed by atoms with van der Waals surface area (Å²) in [5, 5.41) is 0. The number of carbonyl (C=O) groups excluding carboxylic acids is 2. The van der Waals surface area contributed by atoms with Gasteiger partial charge in [-0.1, -0.05) is 118 Å². The Labute approximate surface area is 274 Å². The van der Waals surface area contributed by atoms with Gasteiger partial charge in [-0.15, -0.1) is 0 Å². The number of hydrogen-bond donors (Lipinski definition) is 0. The largest absolute Gasteiger partial charge is 0.466 e. The lowest BCUT2D eigenvalue weighted by atomic mass is 10.0. The average Bonchev–Trinajstić information content (AvgIpc) is 3.50. The van der Waals surface area contributed by atoms with Crippen molar-refractivity contribution in [1.29, 1.82) is 0 Å². The minimum Gasteiger partial charge on any atom is -0.466 e. The molecule has 44 heavy (non-hydrogen) atoms. The van der Waals surface area contributed by atoms with E-state index >= 15 is 0 Å². The molecule has 0 radical (unpaired) electrons. The van der Waals surface area contributed by atoms with Crippen LogP contribution in [-0.2, 0) is 14.3 Å². The summed E-state index contributed by atoms with van der Waals surface area (Å²) in [6.07, 6.45) is 26.6. The lowest BCUT2D eigenvalue weighted by Gasteiger charge is -2.25. The fourth-order valence-electron chi connectivity index (χ4n) is 6.52. The molecule has 0 aromatic rings. The van der Waals surface area contributed by atoms with E-state index in [9.17, 15) is 9.59 Å². The predicted octanol–water partition coefficient (Wildman–Crippen LogP) is 9.25. The summed E-state index contributed by atoms with van der Waals surface area (Å²) < 4.78 is 5.44. The van der Waals surface area contributed by atoms with Crippen molar-refractivity contribution >= 4 is 11.9 Å². The second-order valence-corrected chi connectivity index (χ2v) is 13.7. The summed E-state index contributed by atoms with van der Waals surface area (Å²) in [4.78, 5) is 32.6. The van der Waals surface area contributed by atoms with Crippen molar-refractivity contribution in [3.8, 4) is 0 Å². The predicted molar refractivity (Wildman–Crippen MR) is 188 cm³/mol. The molecule has 6 heteroatoms. The number of rotatable bonds is 31. The van der Waals surface area contributed by atoms with Gasteiger partial charge in [0.2, 0.25) is 5.91 Å². The molecule has 1 amide bonds. The summed E-state index contributed by atoms with van der Waals surface area (Å²) >= 11 is 0. The molecule has 1 aliphatic heterocycles. The number of likely N-dealkylation sites (tertiary alicyclic amines) is 1. The Balaban J connectivity index is 2.43. The van der Waals surface area contributed by atoms with Crippen LogP contribution in [0, 0.1) is 5.92 Å². The van der Waals surface area contributed by atoms with E-state index in [-0.39, 0.29) is 5.97 Å². The Morgan fingerprint density at radius 3 is 1.77 bits per heavy atom. The van der Waals surface area contributed by atoms with Crippen LogP contribution in [0.25, 0.3) is 0 Å². The maximum Gasteiger partial charge on any atom is 0.305 e. The molecule has 1 rings (SSSR count). The number of hydrogen-bond acceptors (Lipinski definition) is 5. The van der Waals surface area contributed by atoms with E-state index in [0.29, 0.717) is 31.4 Å². The zero-order chi connectivity index (χ0) is 32.1. The zero-order valence-corrected chi connectivity index (χ0v) is 30.1. The highest BCUT2D eigenvalue weighted by atomic mass is 16.5. The molecular formula is C38H75N3O3. The lowest BCUT2D eigenvalue weighted by Crippen LogP contribution is -2.40. The molecule has 0 spiro atoms. The Morgan fingerprint density at radius 1 is 0.614 bits per heavy atom. The van der Waals surface area contributed by atoms with Crippen LogP contribution in [0.1, 0.15) is 169 Å². The molecule has 0 aromatic heterocycles. The molecule has 0 N–H and O–H groups in total. The van der Waals surface area contributed by atoms with E-state index in [2.05, 4.69) is 42.4 Å². The van der Waals surface area contributed by atoms with E-state index in [1.165, 1.54) is 89.9 Å². The molecule has 1 heterocycles. The Kier molecular flexibility index (Phi) is 27.2. The van der Waals surface area contributed by atoms with Gasteiger partial charge in [-0.05, 0) is 83.6 Å². The monoisotopic (exact) mass is 622 g/mol. The third-order valence-corrected chi connectivity index (χ3v) is 9.41. The smallest absolute Gasteiger partial charge is 0.305 e. The molecule has 1 fully saturated rings. The normalized spacial score (nSPS) is 15.1. The van der Waals surface area contributed by atoms with E-state index in [1.54, 1.807) is 0 Å². The van der Waals surface area contributed by atoms with Crippen LogP contribution in [0.4, 0.5) is 0 Å². The number of esters is 1. The zero-order valence-electron chi connectivity index (χ0n) is 30.1. The summed E-state index contributed by atoms with van der Waals surface area (Å²) in [5.41, 5.74) is 0. The van der Waals surface area contributed by atoms with Gasteiger partial charge in [-0.2, -0.15) is 0 Å². The van der Waals surface area contributed by atoms with Gasteiger partial charge in [0.15, 0.2) is 0 Å². The first kappa shape index (κ1) is 40.9. The maximum absolute atomic E-state index is 13.2. The first-order valence-corrected chi connectivity index (χ1v) is 19.4. The van der Waals surface area contributed by atoms with E-state index < -0.39 is 0 Å². The third kappa shape index (κ3) is 22.4. The van der Waals surface area contributed by atoms with Crippen molar-refractivity contribution in [2.75, 3.05) is 59.0 Å². The highest BCUT2D eigenvalue weighted by Crippen LogP contribution is 2.21. The molecule has 0 aliphatic carbocycles. The standard InChI is InChI=1S/C38H75N3O3/c1-5-9-12-14-16-18-20-28-39(30-23-24-38(43)44-33-22-11-7-3)31-25-36-26-32-41(34-36)37(42)35-40(27-8-4)29-21-19-17-15-13-10-6-2/h36H,5-35H2,1-4H3. The van der Waals surface area contributed by atoms with Crippen LogP contribution in [0.15, 0.2) is 0 Å². The highest BCUT2D eigenvalue weighted by molar-refractivity contribution is 5.78. The summed E-state index contributed by atoms with van der Waals surface area (Å²) in [5.74, 6) is 0.897. The van der Waals surface area contributed by atoms with Crippen molar-refractivity contribution < 1.29 is 14.3 Å². The first-order chi connectivity index (χ1) is 21.5. The molecule has 1 atom stereocenters. The molecule has 1 unspecified atom stereocenters. The first-order valence-electron chi connectivity index (χ1n) is 19.4. The summed E-state index contributed by atoms with van der Waals surface area (Å²) in [6, 6.07) is 0. The molecule has 0 saturated carbocycles. The number of nitrogens with zero attached hydrogens (tertiary/aromatic N) is 3. The fourth-order valence-corrected chi connectivity index (χ4v) is 6.52.